The van der Waals surface area contributed by atoms with Crippen LogP contribution in [0, 0.1) is 6.92 Å². The molecule has 0 radical (unpaired) electrons. The molecule has 2 aromatic heterocycles. The van der Waals surface area contributed by atoms with Crippen LogP contribution in [0.25, 0.3) is 10.1 Å². The van der Waals surface area contributed by atoms with Gasteiger partial charge in [-0.2, -0.15) is 0 Å². The number of nitrogens with one attached hydrogen (secondary N) is 1. The van der Waals surface area contributed by atoms with Crippen molar-refractivity contribution in [3.05, 3.63) is 53.1 Å². The number of thiophene rings is 1. The summed E-state index contributed by atoms with van der Waals surface area (Å²) in [4.78, 5) is 21.3. The molecule has 1 saturated heterocycles. The fraction of sp³-hybridized carbons (Fsp3) is 0.429. The molecule has 0 atom stereocenters. The zero-order valence-corrected chi connectivity index (χ0v) is 17.5. The van der Waals surface area contributed by atoms with Crippen LogP contribution < -0.4 is 5.48 Å². The highest BCUT2D eigenvalue weighted by molar-refractivity contribution is 7.19. The van der Waals surface area contributed by atoms with E-state index in [1.54, 1.807) is 6.26 Å². The molecule has 1 fully saturated rings. The van der Waals surface area contributed by atoms with Crippen LogP contribution in [-0.4, -0.2) is 46.6 Å². The van der Waals surface area contributed by atoms with E-state index in [4.69, 9.17) is 14.2 Å². The summed E-state index contributed by atoms with van der Waals surface area (Å²) >= 11 is 1.81. The Bertz CT molecular complexity index is 1000. The first kappa shape index (κ1) is 18.6. The lowest BCUT2D eigenvalue weighted by Gasteiger charge is -2.33. The summed E-state index contributed by atoms with van der Waals surface area (Å²) in [6.07, 6.45) is 3.49. The Hall–Kier alpha value is -2.42. The number of aliphatic imine (C=N–C) groups is 1. The van der Waals surface area contributed by atoms with Gasteiger partial charge in [0, 0.05) is 42.4 Å². The third-order valence-corrected chi connectivity index (χ3v) is 6.65. The Morgan fingerprint density at radius 1 is 1.24 bits per heavy atom. The molecule has 1 spiro atoms. The molecule has 8 heteroatoms. The number of guanidine groups is 1. The largest absolute Gasteiger partial charge is 0.449 e. The Morgan fingerprint density at radius 3 is 2.83 bits per heavy atom. The summed E-state index contributed by atoms with van der Waals surface area (Å²) in [7, 11) is 2.14. The van der Waals surface area contributed by atoms with Crippen molar-refractivity contribution in [3.8, 4) is 0 Å². The first-order chi connectivity index (χ1) is 14.1. The van der Waals surface area contributed by atoms with Gasteiger partial charge in [0.25, 0.3) is 0 Å². The predicted molar refractivity (Wildman–Crippen MR) is 113 cm³/mol. The zero-order chi connectivity index (χ0) is 19.8. The summed E-state index contributed by atoms with van der Waals surface area (Å²) in [5.41, 5.74) is 3.54. The molecule has 0 unspecified atom stereocenters. The third-order valence-electron chi connectivity index (χ3n) is 5.55. The maximum absolute atomic E-state index is 6.00. The fourth-order valence-electron chi connectivity index (χ4n) is 3.88. The Labute approximate surface area is 173 Å². The van der Waals surface area contributed by atoms with E-state index in [9.17, 15) is 0 Å². The Balaban J connectivity index is 1.42. The Morgan fingerprint density at radius 2 is 2.07 bits per heavy atom. The van der Waals surface area contributed by atoms with Crippen LogP contribution in [0.15, 0.2) is 46.0 Å². The first-order valence-corrected chi connectivity index (χ1v) is 10.8. The van der Waals surface area contributed by atoms with Crippen LogP contribution in [0.2, 0.25) is 0 Å². The van der Waals surface area contributed by atoms with Gasteiger partial charge in [-0.1, -0.05) is 18.2 Å². The van der Waals surface area contributed by atoms with Crippen LogP contribution in [-0.2, 0) is 17.9 Å². The number of hydroxylamine groups is 1. The number of piperidine rings is 1. The monoisotopic (exact) mass is 411 g/mol. The predicted octanol–water partition coefficient (Wildman–Crippen LogP) is 3.51. The smallest absolute Gasteiger partial charge is 0.222 e. The summed E-state index contributed by atoms with van der Waals surface area (Å²) in [6.45, 7) is 5.17. The molecule has 152 valence electrons. The van der Waals surface area contributed by atoms with Gasteiger partial charge in [-0.15, -0.1) is 11.3 Å². The Kier molecular flexibility index (Phi) is 4.77. The summed E-state index contributed by atoms with van der Waals surface area (Å²) in [6, 6.07) is 10.7. The van der Waals surface area contributed by atoms with Crippen LogP contribution in [0.1, 0.15) is 29.3 Å². The number of aryl methyl sites for hydroxylation is 1. The molecule has 3 aromatic rings. The van der Waals surface area contributed by atoms with Crippen LogP contribution in [0.3, 0.4) is 0 Å². The first-order valence-electron chi connectivity index (χ1n) is 9.94. The average Bonchev–Trinajstić information content (AvgIpc) is 3.42. The quantitative estimate of drug-likeness (QED) is 0.709. The molecule has 0 bridgehead atoms. The van der Waals surface area contributed by atoms with E-state index in [1.165, 1.54) is 15.0 Å². The van der Waals surface area contributed by atoms with Gasteiger partial charge in [0.15, 0.2) is 11.6 Å². The van der Waals surface area contributed by atoms with Crippen molar-refractivity contribution < 1.29 is 9.25 Å². The normalized spacial score (nSPS) is 18.9. The molecule has 4 heterocycles. The number of benzene rings is 1. The van der Waals surface area contributed by atoms with Gasteiger partial charge in [-0.3, -0.25) is 0 Å². The van der Waals surface area contributed by atoms with Gasteiger partial charge in [-0.25, -0.2) is 20.3 Å². The van der Waals surface area contributed by atoms with Crippen molar-refractivity contribution >= 4 is 27.4 Å². The number of rotatable bonds is 4. The summed E-state index contributed by atoms with van der Waals surface area (Å²) in [5, 5.41) is 1.27. The third kappa shape index (κ3) is 3.88. The average molecular weight is 412 g/mol. The molecule has 2 aliphatic heterocycles. The summed E-state index contributed by atoms with van der Waals surface area (Å²) < 4.78 is 6.71. The number of hydrogen-bond donors (Lipinski definition) is 1. The van der Waals surface area contributed by atoms with Crippen molar-refractivity contribution in [3.63, 3.8) is 0 Å². The molecule has 0 aliphatic carbocycles. The zero-order valence-electron chi connectivity index (χ0n) is 16.7. The van der Waals surface area contributed by atoms with Crippen molar-refractivity contribution in [2.45, 2.75) is 38.6 Å². The fourth-order valence-corrected chi connectivity index (χ4v) is 4.96. The van der Waals surface area contributed by atoms with E-state index in [0.717, 1.165) is 44.1 Å². The molecular formula is C21H25N5O2S. The molecule has 29 heavy (non-hydrogen) atoms. The lowest BCUT2D eigenvalue weighted by molar-refractivity contribution is -0.0875. The van der Waals surface area contributed by atoms with E-state index in [1.807, 2.05) is 18.3 Å². The highest BCUT2D eigenvalue weighted by atomic mass is 32.1. The number of fused-ring (bicyclic) bond motifs is 1. The van der Waals surface area contributed by atoms with Crippen molar-refractivity contribution in [2.75, 3.05) is 20.1 Å². The van der Waals surface area contributed by atoms with Crippen molar-refractivity contribution in [2.24, 2.45) is 4.99 Å². The maximum Gasteiger partial charge on any atom is 0.222 e. The van der Waals surface area contributed by atoms with Crippen LogP contribution >= 0.6 is 11.3 Å². The maximum atomic E-state index is 6.00. The molecule has 5 rings (SSSR count). The minimum atomic E-state index is -0.458. The van der Waals surface area contributed by atoms with Gasteiger partial charge < -0.3 is 14.2 Å². The second-order valence-corrected chi connectivity index (χ2v) is 9.02. The number of likely N-dealkylation sites (tertiary alicyclic amines) is 1. The van der Waals surface area contributed by atoms with Crippen LogP contribution in [0.4, 0.5) is 0 Å². The second kappa shape index (κ2) is 7.44. The lowest BCUT2D eigenvalue weighted by Crippen LogP contribution is -2.43. The SMILES string of the molecule is Cc1nc(CN(Cc2cc3ccccc3s2)C2=NC3(CCN(C)CC3)ON2)co1. The highest BCUT2D eigenvalue weighted by Crippen LogP contribution is 2.31. The number of hydrogen-bond acceptors (Lipinski definition) is 8. The van der Waals surface area contributed by atoms with E-state index < -0.39 is 5.72 Å². The van der Waals surface area contributed by atoms with E-state index in [-0.39, 0.29) is 0 Å². The van der Waals surface area contributed by atoms with Gasteiger partial charge in [0.05, 0.1) is 18.8 Å². The topological polar surface area (TPSA) is 66.1 Å². The molecule has 0 amide bonds. The molecule has 0 saturated carbocycles. The van der Waals surface area contributed by atoms with E-state index in [0.29, 0.717) is 12.4 Å². The van der Waals surface area contributed by atoms with Crippen molar-refractivity contribution in [1.29, 1.82) is 0 Å². The molecule has 1 N–H and O–H groups in total. The van der Waals surface area contributed by atoms with Gasteiger partial charge in [0.1, 0.15) is 6.26 Å². The van der Waals surface area contributed by atoms with Gasteiger partial charge in [-0.05, 0) is 24.6 Å². The number of aromatic nitrogens is 1. The minimum absolute atomic E-state index is 0.458. The highest BCUT2D eigenvalue weighted by Gasteiger charge is 2.40. The number of nitrogens with zero attached hydrogens (tertiary/aromatic N) is 4. The van der Waals surface area contributed by atoms with Crippen molar-refractivity contribution in [1.82, 2.24) is 20.3 Å². The number of oxazole rings is 1. The van der Waals surface area contributed by atoms with Gasteiger partial charge in [0.2, 0.25) is 5.96 Å². The molecule has 1 aromatic carbocycles. The summed E-state index contributed by atoms with van der Waals surface area (Å²) in [5.74, 6) is 1.44. The van der Waals surface area contributed by atoms with E-state index >= 15 is 0 Å². The lowest BCUT2D eigenvalue weighted by atomic mass is 10.0. The van der Waals surface area contributed by atoms with Gasteiger partial charge >= 0.3 is 0 Å². The second-order valence-electron chi connectivity index (χ2n) is 7.85. The minimum Gasteiger partial charge on any atom is -0.449 e. The van der Waals surface area contributed by atoms with Crippen LogP contribution in [0.5, 0.6) is 0 Å². The molecule has 7 nitrogen and oxygen atoms in total. The van der Waals surface area contributed by atoms with E-state index in [2.05, 4.69) is 57.6 Å². The molecular weight excluding hydrogens is 386 g/mol. The molecule has 2 aliphatic rings. The standard InChI is InChI=1S/C21H25N5O2S/c1-15-22-17(14-27-15)12-26(13-18-11-16-5-3-4-6-19(16)29-18)20-23-21(28-24-20)7-9-25(2)10-8-21/h3-6,11,14H,7-10,12-13H2,1-2H3,(H,23,24).